The largest absolute Gasteiger partial charge is 0.321 e. The van der Waals surface area contributed by atoms with Crippen LogP contribution in [0.5, 0.6) is 0 Å². The maximum atomic E-state index is 12.7. The highest BCUT2D eigenvalue weighted by molar-refractivity contribution is 7.92. The number of hydrogen-bond acceptors (Lipinski definition) is 4. The second-order valence-corrected chi connectivity index (χ2v) is 11.0. The number of benzene rings is 3. The molecule has 0 saturated heterocycles. The van der Waals surface area contributed by atoms with E-state index < -0.39 is 10.0 Å². The fourth-order valence-electron chi connectivity index (χ4n) is 3.28. The highest BCUT2D eigenvalue weighted by atomic mass is 35.5. The predicted octanol–water partition coefficient (Wildman–Crippen LogP) is 6.08. The van der Waals surface area contributed by atoms with Crippen molar-refractivity contribution in [1.82, 2.24) is 0 Å². The van der Waals surface area contributed by atoms with Crippen LogP contribution in [0.4, 0.5) is 11.4 Å². The number of amides is 1. The summed E-state index contributed by atoms with van der Waals surface area (Å²) in [6, 6.07) is 21.9. The normalized spacial score (nSPS) is 11.5. The van der Waals surface area contributed by atoms with E-state index in [0.717, 1.165) is 21.2 Å². The first-order valence-electron chi connectivity index (χ1n) is 9.83. The molecule has 1 N–H and O–H groups in total. The van der Waals surface area contributed by atoms with Crippen LogP contribution in [0.2, 0.25) is 5.02 Å². The van der Waals surface area contributed by atoms with Gasteiger partial charge in [0, 0.05) is 15.4 Å². The standard InChI is InChI=1S/C24H21ClN2O3S2/c1-16-3-5-17(6-4-16)15-27(32(2,29)30)21-11-12-22-18(13-21)14-23(31-22)24(28)26-20-9-7-19(25)8-10-20/h3-14H,15H2,1-2H3,(H,26,28). The number of thiophene rings is 1. The van der Waals surface area contributed by atoms with Gasteiger partial charge in [-0.3, -0.25) is 9.10 Å². The molecule has 3 aromatic carbocycles. The Morgan fingerprint density at radius 2 is 1.69 bits per heavy atom. The van der Waals surface area contributed by atoms with Crippen molar-refractivity contribution in [1.29, 1.82) is 0 Å². The Morgan fingerprint density at radius 1 is 1.00 bits per heavy atom. The Labute approximate surface area is 196 Å². The van der Waals surface area contributed by atoms with Crippen molar-refractivity contribution in [2.75, 3.05) is 15.9 Å². The molecule has 0 aliphatic rings. The molecule has 0 unspecified atom stereocenters. The summed E-state index contributed by atoms with van der Waals surface area (Å²) in [4.78, 5) is 13.2. The zero-order chi connectivity index (χ0) is 22.9. The van der Waals surface area contributed by atoms with Crippen LogP contribution in [0.15, 0.2) is 72.8 Å². The van der Waals surface area contributed by atoms with Crippen LogP contribution in [-0.2, 0) is 16.6 Å². The third-order valence-corrected chi connectivity index (χ3v) is 7.47. The van der Waals surface area contributed by atoms with Gasteiger partial charge in [0.15, 0.2) is 0 Å². The number of aryl methyl sites for hydroxylation is 1. The number of fused-ring (bicyclic) bond motifs is 1. The zero-order valence-corrected chi connectivity index (χ0v) is 19.9. The summed E-state index contributed by atoms with van der Waals surface area (Å²) in [6.07, 6.45) is 1.20. The summed E-state index contributed by atoms with van der Waals surface area (Å²) < 4.78 is 27.3. The number of anilines is 2. The van der Waals surface area contributed by atoms with Gasteiger partial charge in [0.2, 0.25) is 10.0 Å². The van der Waals surface area contributed by atoms with Crippen LogP contribution in [-0.4, -0.2) is 20.6 Å². The van der Waals surface area contributed by atoms with E-state index in [2.05, 4.69) is 5.32 Å². The molecule has 0 spiro atoms. The minimum atomic E-state index is -3.50. The molecule has 1 amide bonds. The topological polar surface area (TPSA) is 66.5 Å². The minimum absolute atomic E-state index is 0.227. The number of hydrogen-bond donors (Lipinski definition) is 1. The van der Waals surface area contributed by atoms with Crippen molar-refractivity contribution in [3.05, 3.63) is 93.8 Å². The number of carbonyl (C=O) groups is 1. The van der Waals surface area contributed by atoms with E-state index in [1.165, 1.54) is 21.9 Å². The number of nitrogens with zero attached hydrogens (tertiary/aromatic N) is 1. The molecule has 8 heteroatoms. The molecule has 0 fully saturated rings. The quantitative estimate of drug-likeness (QED) is 0.360. The first kappa shape index (κ1) is 22.3. The summed E-state index contributed by atoms with van der Waals surface area (Å²) in [7, 11) is -3.50. The van der Waals surface area contributed by atoms with E-state index in [1.807, 2.05) is 37.3 Å². The van der Waals surface area contributed by atoms with Crippen molar-refractivity contribution in [2.24, 2.45) is 0 Å². The lowest BCUT2D eigenvalue weighted by Gasteiger charge is -2.22. The van der Waals surface area contributed by atoms with Gasteiger partial charge in [0.05, 0.1) is 23.4 Å². The van der Waals surface area contributed by atoms with Gasteiger partial charge in [-0.05, 0) is 66.4 Å². The van der Waals surface area contributed by atoms with Gasteiger partial charge in [0.1, 0.15) is 0 Å². The predicted molar refractivity (Wildman–Crippen MR) is 133 cm³/mol. The van der Waals surface area contributed by atoms with Crippen molar-refractivity contribution in [3.63, 3.8) is 0 Å². The monoisotopic (exact) mass is 484 g/mol. The Balaban J connectivity index is 1.62. The molecule has 0 aliphatic heterocycles. The summed E-state index contributed by atoms with van der Waals surface area (Å²) in [5.41, 5.74) is 3.22. The summed E-state index contributed by atoms with van der Waals surface area (Å²) in [6.45, 7) is 2.22. The van der Waals surface area contributed by atoms with Crippen molar-refractivity contribution >= 4 is 60.3 Å². The second-order valence-electron chi connectivity index (χ2n) is 7.55. The lowest BCUT2D eigenvalue weighted by atomic mass is 10.1. The smallest absolute Gasteiger partial charge is 0.265 e. The lowest BCUT2D eigenvalue weighted by Crippen LogP contribution is -2.29. The molecular weight excluding hydrogens is 464 g/mol. The van der Waals surface area contributed by atoms with Gasteiger partial charge in [-0.1, -0.05) is 41.4 Å². The van der Waals surface area contributed by atoms with E-state index >= 15 is 0 Å². The Hall–Kier alpha value is -2.87. The molecule has 32 heavy (non-hydrogen) atoms. The number of rotatable bonds is 6. The van der Waals surface area contributed by atoms with Crippen molar-refractivity contribution in [3.8, 4) is 0 Å². The van der Waals surface area contributed by atoms with E-state index in [4.69, 9.17) is 11.6 Å². The number of halogens is 1. The lowest BCUT2D eigenvalue weighted by molar-refractivity contribution is 0.103. The number of sulfonamides is 1. The van der Waals surface area contributed by atoms with Crippen LogP contribution in [0.25, 0.3) is 10.1 Å². The van der Waals surface area contributed by atoms with Crippen molar-refractivity contribution < 1.29 is 13.2 Å². The van der Waals surface area contributed by atoms with Gasteiger partial charge < -0.3 is 5.32 Å². The summed E-state index contributed by atoms with van der Waals surface area (Å²) >= 11 is 7.25. The molecule has 0 aliphatic carbocycles. The maximum Gasteiger partial charge on any atom is 0.265 e. The fourth-order valence-corrected chi connectivity index (χ4v) is 5.23. The summed E-state index contributed by atoms with van der Waals surface area (Å²) in [5.74, 6) is -0.227. The van der Waals surface area contributed by atoms with E-state index in [-0.39, 0.29) is 12.5 Å². The highest BCUT2D eigenvalue weighted by Crippen LogP contribution is 2.31. The second kappa shape index (κ2) is 8.94. The molecule has 4 rings (SSSR count). The molecule has 1 aromatic heterocycles. The van der Waals surface area contributed by atoms with E-state index in [9.17, 15) is 13.2 Å². The first-order chi connectivity index (χ1) is 15.2. The van der Waals surface area contributed by atoms with Crippen molar-refractivity contribution in [2.45, 2.75) is 13.5 Å². The molecule has 5 nitrogen and oxygen atoms in total. The molecule has 0 saturated carbocycles. The SMILES string of the molecule is Cc1ccc(CN(c2ccc3sc(C(=O)Nc4ccc(Cl)cc4)cc3c2)S(C)(=O)=O)cc1. The summed E-state index contributed by atoms with van der Waals surface area (Å²) in [5, 5.41) is 4.26. The Kier molecular flexibility index (Phi) is 6.24. The molecular formula is C24H21ClN2O3S2. The first-order valence-corrected chi connectivity index (χ1v) is 12.9. The van der Waals surface area contributed by atoms with Gasteiger partial charge in [-0.2, -0.15) is 0 Å². The van der Waals surface area contributed by atoms with Crippen LogP contribution in [0.1, 0.15) is 20.8 Å². The van der Waals surface area contributed by atoms with Gasteiger partial charge in [-0.25, -0.2) is 8.42 Å². The van der Waals surface area contributed by atoms with E-state index in [1.54, 1.807) is 42.5 Å². The van der Waals surface area contributed by atoms with Gasteiger partial charge in [0.25, 0.3) is 5.91 Å². The number of nitrogens with one attached hydrogen (secondary N) is 1. The fraction of sp³-hybridized carbons (Fsp3) is 0.125. The molecule has 0 atom stereocenters. The van der Waals surface area contributed by atoms with Gasteiger partial charge in [-0.15, -0.1) is 11.3 Å². The third kappa shape index (κ3) is 5.12. The van der Waals surface area contributed by atoms with Crippen LogP contribution >= 0.6 is 22.9 Å². The molecule has 1 heterocycles. The highest BCUT2D eigenvalue weighted by Gasteiger charge is 2.19. The van der Waals surface area contributed by atoms with Crippen LogP contribution in [0, 0.1) is 6.92 Å². The van der Waals surface area contributed by atoms with E-state index in [0.29, 0.717) is 21.3 Å². The van der Waals surface area contributed by atoms with Gasteiger partial charge >= 0.3 is 0 Å². The molecule has 164 valence electrons. The Morgan fingerprint density at radius 3 is 2.34 bits per heavy atom. The molecule has 0 radical (unpaired) electrons. The third-order valence-electron chi connectivity index (χ3n) is 4.96. The minimum Gasteiger partial charge on any atom is -0.321 e. The molecule has 4 aromatic rings. The zero-order valence-electron chi connectivity index (χ0n) is 17.5. The average Bonchev–Trinajstić information content (AvgIpc) is 3.17. The molecule has 0 bridgehead atoms. The number of carbonyl (C=O) groups excluding carboxylic acids is 1. The Bertz CT molecular complexity index is 1380. The average molecular weight is 485 g/mol. The maximum absolute atomic E-state index is 12.7. The van der Waals surface area contributed by atoms with Crippen LogP contribution in [0.3, 0.4) is 0 Å². The van der Waals surface area contributed by atoms with Crippen LogP contribution < -0.4 is 9.62 Å².